The highest BCUT2D eigenvalue weighted by molar-refractivity contribution is 6.02. The highest BCUT2D eigenvalue weighted by Gasteiger charge is 2.03. The van der Waals surface area contributed by atoms with E-state index in [1.807, 2.05) is 0 Å². The summed E-state index contributed by atoms with van der Waals surface area (Å²) in [6.07, 6.45) is 1.06. The number of aliphatic hydroxyl groups excluding tert-OH is 1. The lowest BCUT2D eigenvalue weighted by atomic mass is 10.1. The largest absolute Gasteiger partial charge is 0.478 e. The molecule has 90 valence electrons. The minimum Gasteiger partial charge on any atom is -0.478 e. The number of anilines is 1. The number of carboxylic acids is 1. The summed E-state index contributed by atoms with van der Waals surface area (Å²) in [6, 6.07) is 6.70. The molecule has 17 heavy (non-hydrogen) atoms. The molecule has 1 aromatic carbocycles. The molecule has 1 rings (SSSR count). The smallest absolute Gasteiger partial charge is 0.328 e. The molecule has 0 heterocycles. The molecule has 5 heteroatoms. The molecule has 3 N–H and O–H groups in total. The first-order chi connectivity index (χ1) is 7.99. The Morgan fingerprint density at radius 2 is 2.06 bits per heavy atom. The van der Waals surface area contributed by atoms with Crippen molar-refractivity contribution in [1.29, 1.82) is 0 Å². The van der Waals surface area contributed by atoms with Crippen LogP contribution in [0.2, 0.25) is 0 Å². The second-order valence-electron chi connectivity index (χ2n) is 3.46. The lowest BCUT2D eigenvalue weighted by Crippen LogP contribution is -2.09. The van der Waals surface area contributed by atoms with Gasteiger partial charge >= 0.3 is 5.97 Å². The quantitative estimate of drug-likeness (QED) is 0.687. The molecular weight excluding hydrogens is 222 g/mol. The predicted molar refractivity (Wildman–Crippen MR) is 62.5 cm³/mol. The van der Waals surface area contributed by atoms with Crippen LogP contribution in [-0.4, -0.2) is 22.1 Å². The van der Waals surface area contributed by atoms with Gasteiger partial charge in [0, 0.05) is 17.8 Å². The Morgan fingerprint density at radius 1 is 1.35 bits per heavy atom. The van der Waals surface area contributed by atoms with Crippen LogP contribution < -0.4 is 5.32 Å². The van der Waals surface area contributed by atoms with Gasteiger partial charge in [0.1, 0.15) is 0 Å². The van der Waals surface area contributed by atoms with E-state index < -0.39 is 18.0 Å². The van der Waals surface area contributed by atoms with Gasteiger partial charge in [0.15, 0.2) is 0 Å². The molecule has 0 aliphatic rings. The molecule has 0 fully saturated rings. The zero-order chi connectivity index (χ0) is 12.8. The number of aliphatic carboxylic acids is 1. The standard InChI is InChI=1S/C12H13NO4/c1-8(14)9-3-2-4-10(7-9)13-11(15)5-6-12(16)17/h2-8,14H,1H3,(H,13,15)(H,16,17). The summed E-state index contributed by atoms with van der Waals surface area (Å²) in [7, 11) is 0. The normalized spacial score (nSPS) is 12.4. The van der Waals surface area contributed by atoms with Crippen LogP contribution in [0.1, 0.15) is 18.6 Å². The van der Waals surface area contributed by atoms with Crippen molar-refractivity contribution in [2.45, 2.75) is 13.0 Å². The van der Waals surface area contributed by atoms with Gasteiger partial charge in [-0.05, 0) is 24.6 Å². The average Bonchev–Trinajstić information content (AvgIpc) is 2.26. The minimum atomic E-state index is -1.18. The summed E-state index contributed by atoms with van der Waals surface area (Å²) in [5.74, 6) is -1.71. The van der Waals surface area contributed by atoms with Gasteiger partial charge in [-0.1, -0.05) is 12.1 Å². The maximum Gasteiger partial charge on any atom is 0.328 e. The summed E-state index contributed by atoms with van der Waals surface area (Å²) in [4.78, 5) is 21.5. The van der Waals surface area contributed by atoms with Gasteiger partial charge in [-0.3, -0.25) is 4.79 Å². The number of aliphatic hydroxyl groups is 1. The predicted octanol–water partition coefficient (Wildman–Crippen LogP) is 1.32. The van der Waals surface area contributed by atoms with Crippen LogP contribution in [0.5, 0.6) is 0 Å². The van der Waals surface area contributed by atoms with Gasteiger partial charge < -0.3 is 15.5 Å². The molecular formula is C12H13NO4. The van der Waals surface area contributed by atoms with Gasteiger partial charge in [0.05, 0.1) is 6.10 Å². The molecule has 0 aromatic heterocycles. The Bertz CT molecular complexity index is 452. The number of amides is 1. The van der Waals surface area contributed by atoms with Crippen LogP contribution in [0.3, 0.4) is 0 Å². The Kier molecular flexibility index (Phi) is 4.42. The summed E-state index contributed by atoms with van der Waals surface area (Å²) in [5.41, 5.74) is 1.17. The number of benzene rings is 1. The molecule has 0 spiro atoms. The first-order valence-electron chi connectivity index (χ1n) is 4.99. The summed E-state index contributed by atoms with van der Waals surface area (Å²) in [6.45, 7) is 1.62. The highest BCUT2D eigenvalue weighted by Crippen LogP contribution is 2.16. The van der Waals surface area contributed by atoms with E-state index in [2.05, 4.69) is 5.32 Å². The van der Waals surface area contributed by atoms with Crippen molar-refractivity contribution in [2.75, 3.05) is 5.32 Å². The molecule has 1 aromatic rings. The fourth-order valence-electron chi connectivity index (χ4n) is 1.21. The molecule has 0 saturated carbocycles. The van der Waals surface area contributed by atoms with Crippen LogP contribution >= 0.6 is 0 Å². The molecule has 0 aliphatic carbocycles. The molecule has 0 aliphatic heterocycles. The van der Waals surface area contributed by atoms with Crippen LogP contribution in [0.25, 0.3) is 0 Å². The molecule has 0 radical (unpaired) electrons. The van der Waals surface area contributed by atoms with Crippen molar-refractivity contribution >= 4 is 17.6 Å². The second kappa shape index (κ2) is 5.81. The molecule has 1 atom stereocenters. The topological polar surface area (TPSA) is 86.6 Å². The number of hydrogen-bond donors (Lipinski definition) is 3. The van der Waals surface area contributed by atoms with Crippen molar-refractivity contribution < 1.29 is 19.8 Å². The van der Waals surface area contributed by atoms with E-state index in [1.54, 1.807) is 31.2 Å². The van der Waals surface area contributed by atoms with Gasteiger partial charge in [0.25, 0.3) is 0 Å². The molecule has 5 nitrogen and oxygen atoms in total. The monoisotopic (exact) mass is 235 g/mol. The molecule has 0 saturated heterocycles. The second-order valence-corrected chi connectivity index (χ2v) is 3.46. The van der Waals surface area contributed by atoms with Gasteiger partial charge in [0.2, 0.25) is 5.91 Å². The van der Waals surface area contributed by atoms with Crippen LogP contribution in [0, 0.1) is 0 Å². The van der Waals surface area contributed by atoms with E-state index in [9.17, 15) is 14.7 Å². The Morgan fingerprint density at radius 3 is 2.65 bits per heavy atom. The first kappa shape index (κ1) is 12.9. The third kappa shape index (κ3) is 4.48. The number of nitrogens with one attached hydrogen (secondary N) is 1. The number of carboxylic acid groups (broad SMARTS) is 1. The summed E-state index contributed by atoms with van der Waals surface area (Å²) < 4.78 is 0. The van der Waals surface area contributed by atoms with E-state index in [-0.39, 0.29) is 0 Å². The molecule has 1 unspecified atom stereocenters. The Labute approximate surface area is 98.4 Å². The Hall–Kier alpha value is -2.14. The lowest BCUT2D eigenvalue weighted by Gasteiger charge is -2.07. The third-order valence-electron chi connectivity index (χ3n) is 2.01. The lowest BCUT2D eigenvalue weighted by molar-refractivity contribution is -0.131. The van der Waals surface area contributed by atoms with Crippen LogP contribution in [0.15, 0.2) is 36.4 Å². The zero-order valence-electron chi connectivity index (χ0n) is 9.25. The number of carbonyl (C=O) groups is 2. The SMILES string of the molecule is CC(O)c1cccc(NC(=O)C=CC(=O)O)c1. The Balaban J connectivity index is 2.72. The number of hydrogen-bond acceptors (Lipinski definition) is 3. The van der Waals surface area contributed by atoms with E-state index in [0.29, 0.717) is 11.3 Å². The maximum atomic E-state index is 11.3. The van der Waals surface area contributed by atoms with E-state index in [0.717, 1.165) is 12.2 Å². The number of rotatable bonds is 4. The van der Waals surface area contributed by atoms with Crippen molar-refractivity contribution in [3.8, 4) is 0 Å². The highest BCUT2D eigenvalue weighted by atomic mass is 16.4. The van der Waals surface area contributed by atoms with Gasteiger partial charge in [-0.15, -0.1) is 0 Å². The molecule has 1 amide bonds. The minimum absolute atomic E-state index is 0.503. The van der Waals surface area contributed by atoms with E-state index >= 15 is 0 Å². The molecule has 0 bridgehead atoms. The fraction of sp³-hybridized carbons (Fsp3) is 0.167. The maximum absolute atomic E-state index is 11.3. The van der Waals surface area contributed by atoms with Crippen LogP contribution in [-0.2, 0) is 9.59 Å². The number of carbonyl (C=O) groups excluding carboxylic acids is 1. The van der Waals surface area contributed by atoms with E-state index in [4.69, 9.17) is 5.11 Å². The average molecular weight is 235 g/mol. The van der Waals surface area contributed by atoms with Crippen LogP contribution in [0.4, 0.5) is 5.69 Å². The van der Waals surface area contributed by atoms with E-state index in [1.165, 1.54) is 0 Å². The van der Waals surface area contributed by atoms with Crippen molar-refractivity contribution in [2.24, 2.45) is 0 Å². The zero-order valence-corrected chi connectivity index (χ0v) is 9.25. The fourth-order valence-corrected chi connectivity index (χ4v) is 1.21. The van der Waals surface area contributed by atoms with Crippen molar-refractivity contribution in [1.82, 2.24) is 0 Å². The third-order valence-corrected chi connectivity index (χ3v) is 2.01. The van der Waals surface area contributed by atoms with Crippen molar-refractivity contribution in [3.63, 3.8) is 0 Å². The first-order valence-corrected chi connectivity index (χ1v) is 4.99. The van der Waals surface area contributed by atoms with Crippen molar-refractivity contribution in [3.05, 3.63) is 42.0 Å². The van der Waals surface area contributed by atoms with Gasteiger partial charge in [-0.2, -0.15) is 0 Å². The summed E-state index contributed by atoms with van der Waals surface area (Å²) >= 11 is 0. The summed E-state index contributed by atoms with van der Waals surface area (Å²) in [5, 5.41) is 20.2. The van der Waals surface area contributed by atoms with Gasteiger partial charge in [-0.25, -0.2) is 4.79 Å².